The van der Waals surface area contributed by atoms with Crippen molar-refractivity contribution in [3.05, 3.63) is 52.7 Å². The van der Waals surface area contributed by atoms with Gasteiger partial charge in [0.15, 0.2) is 0 Å². The van der Waals surface area contributed by atoms with Crippen LogP contribution in [0, 0.1) is 5.82 Å². The number of nitrogens with zero attached hydrogens (tertiary/aromatic N) is 1. The van der Waals surface area contributed by atoms with Crippen LogP contribution < -0.4 is 36.4 Å². The first kappa shape index (κ1) is 26.8. The Morgan fingerprint density at radius 1 is 1.17 bits per heavy atom. The van der Waals surface area contributed by atoms with E-state index in [0.717, 1.165) is 0 Å². The first-order valence-corrected chi connectivity index (χ1v) is 11.6. The number of hydrogen-bond acceptors (Lipinski definition) is 7. The number of rotatable bonds is 11. The van der Waals surface area contributed by atoms with E-state index in [0.29, 0.717) is 48.7 Å². The normalized spacial score (nSPS) is 15.1. The van der Waals surface area contributed by atoms with Crippen molar-refractivity contribution >= 4 is 41.8 Å². The van der Waals surface area contributed by atoms with E-state index in [1.807, 2.05) is 14.0 Å². The van der Waals surface area contributed by atoms with Crippen LogP contribution in [0.25, 0.3) is 12.4 Å². The van der Waals surface area contributed by atoms with Gasteiger partial charge in [-0.15, -0.1) is 0 Å². The lowest BCUT2D eigenvalue weighted by molar-refractivity contribution is -0.134. The van der Waals surface area contributed by atoms with Gasteiger partial charge in [-0.2, -0.15) is 0 Å². The number of halogens is 1. The van der Waals surface area contributed by atoms with Crippen molar-refractivity contribution in [1.29, 1.82) is 0 Å². The van der Waals surface area contributed by atoms with Gasteiger partial charge in [0, 0.05) is 30.2 Å². The summed E-state index contributed by atoms with van der Waals surface area (Å²) in [6.45, 7) is 9.45. The Bertz CT molecular complexity index is 1230. The van der Waals surface area contributed by atoms with Crippen LogP contribution >= 0.6 is 0 Å². The molecular formula is C26H32FN5O4. The van der Waals surface area contributed by atoms with Gasteiger partial charge in [0.1, 0.15) is 30.4 Å². The standard InChI is InChI=1S/C26H32FN5O4/c1-5-29-25(24-17(2)12-20(13-21(24)27)36-11-10-28-4)31-19-8-6-18(7-9-19)30-22(33)14-23(34)32-26(3)15-35-16-26/h5-9,12-13,28,31H,2,10-11,14-16H2,1,3-4H3,(H,30,33)(H,32,34)/b25-24-,29-5-. The third-order valence-electron chi connectivity index (χ3n) is 5.30. The van der Waals surface area contributed by atoms with E-state index in [1.165, 1.54) is 6.07 Å². The molecule has 4 N–H and O–H groups in total. The number of benzene rings is 2. The third kappa shape index (κ3) is 7.37. The Labute approximate surface area is 209 Å². The zero-order valence-electron chi connectivity index (χ0n) is 20.7. The Hall–Kier alpha value is -3.76. The van der Waals surface area contributed by atoms with Crippen LogP contribution in [0.3, 0.4) is 0 Å². The van der Waals surface area contributed by atoms with Gasteiger partial charge in [0.25, 0.3) is 0 Å². The van der Waals surface area contributed by atoms with Crippen molar-refractivity contribution in [2.24, 2.45) is 4.99 Å². The van der Waals surface area contributed by atoms with Gasteiger partial charge in [-0.1, -0.05) is 6.58 Å². The van der Waals surface area contributed by atoms with E-state index < -0.39 is 17.3 Å². The van der Waals surface area contributed by atoms with Gasteiger partial charge in [0.05, 0.1) is 24.0 Å². The van der Waals surface area contributed by atoms with Gasteiger partial charge in [-0.05, 0) is 56.4 Å². The van der Waals surface area contributed by atoms with Crippen molar-refractivity contribution < 1.29 is 23.5 Å². The molecule has 0 radical (unpaired) electrons. The van der Waals surface area contributed by atoms with E-state index in [4.69, 9.17) is 9.47 Å². The number of aliphatic imine (C=N–C) groups is 1. The molecule has 192 valence electrons. The maximum Gasteiger partial charge on any atom is 0.233 e. The molecule has 1 aliphatic heterocycles. The maximum atomic E-state index is 15.0. The van der Waals surface area contributed by atoms with Crippen molar-refractivity contribution in [2.45, 2.75) is 25.8 Å². The summed E-state index contributed by atoms with van der Waals surface area (Å²) >= 11 is 0. The van der Waals surface area contributed by atoms with Gasteiger partial charge >= 0.3 is 0 Å². The third-order valence-corrected chi connectivity index (χ3v) is 5.30. The van der Waals surface area contributed by atoms with Crippen LogP contribution in [-0.2, 0) is 14.3 Å². The van der Waals surface area contributed by atoms with Crippen LogP contribution in [0.1, 0.15) is 20.3 Å². The molecule has 2 amide bonds. The summed E-state index contributed by atoms with van der Waals surface area (Å²) in [7, 11) is 1.81. The van der Waals surface area contributed by atoms with E-state index in [9.17, 15) is 14.0 Å². The summed E-state index contributed by atoms with van der Waals surface area (Å²) in [4.78, 5) is 28.6. The molecule has 1 aliphatic rings. The van der Waals surface area contributed by atoms with Crippen LogP contribution in [0.5, 0.6) is 5.75 Å². The number of likely N-dealkylation sites (N-methyl/N-ethyl adjacent to an activating group) is 1. The van der Waals surface area contributed by atoms with E-state index >= 15 is 0 Å². The van der Waals surface area contributed by atoms with Crippen molar-refractivity contribution in [3.8, 4) is 5.75 Å². The van der Waals surface area contributed by atoms with E-state index in [2.05, 4.69) is 32.8 Å². The van der Waals surface area contributed by atoms with Crippen molar-refractivity contribution in [2.75, 3.05) is 44.0 Å². The molecule has 1 saturated heterocycles. The Morgan fingerprint density at radius 3 is 2.39 bits per heavy atom. The van der Waals surface area contributed by atoms with Crippen LogP contribution in [-0.4, -0.2) is 57.0 Å². The minimum Gasteiger partial charge on any atom is -0.492 e. The highest BCUT2D eigenvalue weighted by atomic mass is 19.1. The molecule has 0 aliphatic carbocycles. The lowest BCUT2D eigenvalue weighted by atomic mass is 10.0. The molecule has 2 aromatic carbocycles. The average Bonchev–Trinajstić information content (AvgIpc) is 2.79. The maximum absolute atomic E-state index is 15.0. The molecule has 0 unspecified atom stereocenters. The zero-order valence-corrected chi connectivity index (χ0v) is 20.7. The molecule has 3 rings (SSSR count). The monoisotopic (exact) mass is 497 g/mol. The predicted molar refractivity (Wildman–Crippen MR) is 139 cm³/mol. The van der Waals surface area contributed by atoms with Gasteiger partial charge < -0.3 is 30.7 Å². The van der Waals surface area contributed by atoms with Gasteiger partial charge in [0.2, 0.25) is 11.8 Å². The highest BCUT2D eigenvalue weighted by Crippen LogP contribution is 2.18. The molecule has 2 aromatic rings. The van der Waals surface area contributed by atoms with E-state index in [-0.39, 0.29) is 23.4 Å². The lowest BCUT2D eigenvalue weighted by Gasteiger charge is -2.38. The highest BCUT2D eigenvalue weighted by Gasteiger charge is 2.35. The zero-order chi connectivity index (χ0) is 26.1. The van der Waals surface area contributed by atoms with Crippen molar-refractivity contribution in [1.82, 2.24) is 10.6 Å². The van der Waals surface area contributed by atoms with Crippen LogP contribution in [0.15, 0.2) is 41.4 Å². The molecule has 10 heteroatoms. The number of ether oxygens (including phenoxy) is 2. The molecule has 0 bridgehead atoms. The molecule has 0 spiro atoms. The second kappa shape index (κ2) is 12.3. The van der Waals surface area contributed by atoms with Crippen molar-refractivity contribution in [3.63, 3.8) is 0 Å². The van der Waals surface area contributed by atoms with E-state index in [1.54, 1.807) is 43.5 Å². The smallest absolute Gasteiger partial charge is 0.233 e. The molecule has 0 saturated carbocycles. The number of amides is 2. The molecule has 1 fully saturated rings. The number of nitrogens with one attached hydrogen (secondary N) is 4. The number of carbonyl (C=O) groups is 2. The fourth-order valence-electron chi connectivity index (χ4n) is 3.53. The fraction of sp³-hybridized carbons (Fsp3) is 0.346. The molecule has 1 heterocycles. The first-order chi connectivity index (χ1) is 17.2. The van der Waals surface area contributed by atoms with Crippen LogP contribution in [0.4, 0.5) is 15.8 Å². The fourth-order valence-corrected chi connectivity index (χ4v) is 3.53. The first-order valence-electron chi connectivity index (χ1n) is 11.6. The summed E-state index contributed by atoms with van der Waals surface area (Å²) in [5, 5.41) is 12.2. The minimum atomic E-state index is -0.514. The second-order valence-electron chi connectivity index (χ2n) is 8.66. The SMILES string of the molecule is C=c1cc(OCCNC)cc(F)/c1=C(/N=C\C)Nc1ccc(NC(=O)CC(=O)NC2(C)COC2)cc1. The second-order valence-corrected chi connectivity index (χ2v) is 8.66. The summed E-state index contributed by atoms with van der Waals surface area (Å²) < 4.78 is 25.6. The summed E-state index contributed by atoms with van der Waals surface area (Å²) in [5.74, 6) is -0.637. The van der Waals surface area contributed by atoms with Crippen LogP contribution in [0.2, 0.25) is 0 Å². The number of anilines is 2. The Morgan fingerprint density at radius 2 is 1.83 bits per heavy atom. The topological polar surface area (TPSA) is 113 Å². The number of carbonyl (C=O) groups excluding carboxylic acids is 2. The summed E-state index contributed by atoms with van der Waals surface area (Å²) in [6, 6.07) is 9.74. The summed E-state index contributed by atoms with van der Waals surface area (Å²) in [6.07, 6.45) is 1.26. The largest absolute Gasteiger partial charge is 0.492 e. The molecule has 9 nitrogen and oxygen atoms in total. The Kier molecular flexibility index (Phi) is 9.15. The summed E-state index contributed by atoms with van der Waals surface area (Å²) in [5.41, 5.74) is 0.731. The minimum absolute atomic E-state index is 0.225. The van der Waals surface area contributed by atoms with Gasteiger partial charge in [-0.25, -0.2) is 9.38 Å². The quantitative estimate of drug-likeness (QED) is 0.212. The Balaban J connectivity index is 1.69. The molecular weight excluding hydrogens is 465 g/mol. The van der Waals surface area contributed by atoms with Gasteiger partial charge in [-0.3, -0.25) is 9.59 Å². The molecule has 0 atom stereocenters. The number of hydrogen-bond donors (Lipinski definition) is 4. The molecule has 36 heavy (non-hydrogen) atoms. The average molecular weight is 498 g/mol. The molecule has 0 aromatic heterocycles. The lowest BCUT2D eigenvalue weighted by Crippen LogP contribution is -2.60. The highest BCUT2D eigenvalue weighted by molar-refractivity contribution is 6.03. The predicted octanol–water partition coefficient (Wildman–Crippen LogP) is 1.34.